The average Bonchev–Trinajstić information content (AvgIpc) is 2.41. The van der Waals surface area contributed by atoms with Crippen molar-refractivity contribution < 1.29 is 13.6 Å². The second-order valence-electron chi connectivity index (χ2n) is 5.27. The van der Waals surface area contributed by atoms with Crippen molar-refractivity contribution in [2.75, 3.05) is 0 Å². The van der Waals surface area contributed by atoms with Crippen LogP contribution in [0.1, 0.15) is 44.1 Å². The van der Waals surface area contributed by atoms with Gasteiger partial charge in [-0.3, -0.25) is 4.79 Å². The van der Waals surface area contributed by atoms with Crippen molar-refractivity contribution in [2.24, 2.45) is 0 Å². The van der Waals surface area contributed by atoms with Crippen molar-refractivity contribution in [1.82, 2.24) is 5.32 Å². The molecule has 0 spiro atoms. The van der Waals surface area contributed by atoms with Crippen molar-refractivity contribution in [1.29, 1.82) is 0 Å². The van der Waals surface area contributed by atoms with Gasteiger partial charge in [0.05, 0.1) is 5.92 Å². The van der Waals surface area contributed by atoms with Crippen LogP contribution in [0.3, 0.4) is 0 Å². The highest BCUT2D eigenvalue weighted by molar-refractivity contribution is 5.83. The van der Waals surface area contributed by atoms with Gasteiger partial charge in [0.2, 0.25) is 11.8 Å². The van der Waals surface area contributed by atoms with E-state index in [1.165, 1.54) is 0 Å². The summed E-state index contributed by atoms with van der Waals surface area (Å²) in [5.74, 6) is -2.88. The summed E-state index contributed by atoms with van der Waals surface area (Å²) in [7, 11) is 0. The van der Waals surface area contributed by atoms with E-state index in [0.29, 0.717) is 12.8 Å². The SMILES string of the molecule is C[C@@H](C(=O)NC1CCC(F)(F)CC1)c1ccccc1. The summed E-state index contributed by atoms with van der Waals surface area (Å²) < 4.78 is 26.1. The number of hydrogen-bond donors (Lipinski definition) is 1. The number of halogens is 2. The molecule has 1 saturated carbocycles. The van der Waals surface area contributed by atoms with E-state index in [0.717, 1.165) is 5.56 Å². The molecule has 0 heterocycles. The van der Waals surface area contributed by atoms with Gasteiger partial charge in [-0.25, -0.2) is 8.78 Å². The van der Waals surface area contributed by atoms with Crippen molar-refractivity contribution in [3.8, 4) is 0 Å². The van der Waals surface area contributed by atoms with Gasteiger partial charge in [-0.2, -0.15) is 0 Å². The summed E-state index contributed by atoms with van der Waals surface area (Å²) in [5, 5.41) is 2.88. The second kappa shape index (κ2) is 5.68. The maximum Gasteiger partial charge on any atom is 0.248 e. The Bertz CT molecular complexity index is 423. The van der Waals surface area contributed by atoms with Gasteiger partial charge in [-0.05, 0) is 25.3 Å². The molecule has 104 valence electrons. The number of carbonyl (C=O) groups is 1. The Hall–Kier alpha value is -1.45. The highest BCUT2D eigenvalue weighted by Gasteiger charge is 2.35. The Kier molecular flexibility index (Phi) is 4.17. The summed E-state index contributed by atoms with van der Waals surface area (Å²) in [6.07, 6.45) is 0.468. The smallest absolute Gasteiger partial charge is 0.248 e. The maximum atomic E-state index is 13.0. The van der Waals surface area contributed by atoms with Gasteiger partial charge in [0.15, 0.2) is 0 Å². The van der Waals surface area contributed by atoms with Crippen LogP contribution in [-0.4, -0.2) is 17.9 Å². The van der Waals surface area contributed by atoms with E-state index in [2.05, 4.69) is 5.32 Å². The summed E-state index contributed by atoms with van der Waals surface area (Å²) in [6.45, 7) is 1.84. The van der Waals surface area contributed by atoms with Crippen LogP contribution in [0.5, 0.6) is 0 Å². The zero-order valence-corrected chi connectivity index (χ0v) is 11.0. The Morgan fingerprint density at radius 3 is 2.42 bits per heavy atom. The molecule has 2 rings (SSSR count). The van der Waals surface area contributed by atoms with Gasteiger partial charge in [0, 0.05) is 18.9 Å². The number of amides is 1. The average molecular weight is 267 g/mol. The molecule has 1 atom stereocenters. The Labute approximate surface area is 112 Å². The van der Waals surface area contributed by atoms with Crippen LogP contribution < -0.4 is 5.32 Å². The van der Waals surface area contributed by atoms with E-state index >= 15 is 0 Å². The highest BCUT2D eigenvalue weighted by atomic mass is 19.3. The predicted molar refractivity (Wildman–Crippen MR) is 70.2 cm³/mol. The fourth-order valence-corrected chi connectivity index (χ4v) is 2.40. The van der Waals surface area contributed by atoms with Crippen molar-refractivity contribution >= 4 is 5.91 Å². The molecule has 1 N–H and O–H groups in total. The van der Waals surface area contributed by atoms with E-state index in [1.807, 2.05) is 37.3 Å². The molecular weight excluding hydrogens is 248 g/mol. The fourth-order valence-electron chi connectivity index (χ4n) is 2.40. The predicted octanol–water partition coefficient (Wildman–Crippen LogP) is 3.48. The third kappa shape index (κ3) is 3.75. The van der Waals surface area contributed by atoms with Gasteiger partial charge in [-0.1, -0.05) is 30.3 Å². The lowest BCUT2D eigenvalue weighted by atomic mass is 9.91. The fraction of sp³-hybridized carbons (Fsp3) is 0.533. The van der Waals surface area contributed by atoms with E-state index in [1.54, 1.807) is 0 Å². The van der Waals surface area contributed by atoms with Gasteiger partial charge >= 0.3 is 0 Å². The highest BCUT2D eigenvalue weighted by Crippen LogP contribution is 2.33. The number of carbonyl (C=O) groups excluding carboxylic acids is 1. The quantitative estimate of drug-likeness (QED) is 0.892. The Morgan fingerprint density at radius 2 is 1.84 bits per heavy atom. The molecule has 0 radical (unpaired) electrons. The molecular formula is C15H19F2NO. The third-order valence-corrected chi connectivity index (χ3v) is 3.76. The standard InChI is InChI=1S/C15H19F2NO/c1-11(12-5-3-2-4-6-12)14(19)18-13-7-9-15(16,17)10-8-13/h2-6,11,13H,7-10H2,1H3,(H,18,19)/t11-/m1/s1. The molecule has 0 aromatic heterocycles. The van der Waals surface area contributed by atoms with Gasteiger partial charge < -0.3 is 5.32 Å². The van der Waals surface area contributed by atoms with Crippen LogP contribution in [0, 0.1) is 0 Å². The van der Waals surface area contributed by atoms with Crippen molar-refractivity contribution in [2.45, 2.75) is 50.5 Å². The summed E-state index contributed by atoms with van der Waals surface area (Å²) in [4.78, 5) is 12.1. The van der Waals surface area contributed by atoms with E-state index in [-0.39, 0.29) is 30.7 Å². The lowest BCUT2D eigenvalue weighted by molar-refractivity contribution is -0.124. The van der Waals surface area contributed by atoms with E-state index < -0.39 is 5.92 Å². The normalized spacial score (nSPS) is 20.8. The molecule has 4 heteroatoms. The van der Waals surface area contributed by atoms with Crippen LogP contribution in [0.25, 0.3) is 0 Å². The Balaban J connectivity index is 1.88. The van der Waals surface area contributed by atoms with Gasteiger partial charge in [-0.15, -0.1) is 0 Å². The topological polar surface area (TPSA) is 29.1 Å². The number of rotatable bonds is 3. The first-order chi connectivity index (χ1) is 8.98. The third-order valence-electron chi connectivity index (χ3n) is 3.76. The van der Waals surface area contributed by atoms with Crippen LogP contribution in [0.2, 0.25) is 0 Å². The van der Waals surface area contributed by atoms with Crippen molar-refractivity contribution in [3.05, 3.63) is 35.9 Å². The minimum Gasteiger partial charge on any atom is -0.353 e. The minimum absolute atomic E-state index is 0.0820. The number of benzene rings is 1. The summed E-state index contributed by atoms with van der Waals surface area (Å²) in [6, 6.07) is 9.37. The molecule has 0 unspecified atom stereocenters. The monoisotopic (exact) mass is 267 g/mol. The largest absolute Gasteiger partial charge is 0.353 e. The number of alkyl halides is 2. The van der Waals surface area contributed by atoms with Gasteiger partial charge in [0.1, 0.15) is 0 Å². The lowest BCUT2D eigenvalue weighted by Gasteiger charge is -2.29. The molecule has 2 nitrogen and oxygen atoms in total. The molecule has 1 amide bonds. The zero-order valence-electron chi connectivity index (χ0n) is 11.0. The molecule has 0 saturated heterocycles. The van der Waals surface area contributed by atoms with Crippen LogP contribution >= 0.6 is 0 Å². The molecule has 0 bridgehead atoms. The first-order valence-corrected chi connectivity index (χ1v) is 6.71. The van der Waals surface area contributed by atoms with Crippen LogP contribution in [-0.2, 0) is 4.79 Å². The molecule has 0 aliphatic heterocycles. The summed E-state index contributed by atoms with van der Waals surface area (Å²) >= 11 is 0. The van der Waals surface area contributed by atoms with E-state index in [4.69, 9.17) is 0 Å². The molecule has 1 aromatic rings. The molecule has 1 aliphatic carbocycles. The summed E-state index contributed by atoms with van der Waals surface area (Å²) in [5.41, 5.74) is 0.945. The zero-order chi connectivity index (χ0) is 13.9. The second-order valence-corrected chi connectivity index (χ2v) is 5.27. The lowest BCUT2D eigenvalue weighted by Crippen LogP contribution is -2.41. The molecule has 1 aromatic carbocycles. The maximum absolute atomic E-state index is 13.0. The number of nitrogens with one attached hydrogen (secondary N) is 1. The van der Waals surface area contributed by atoms with Crippen LogP contribution in [0.15, 0.2) is 30.3 Å². The minimum atomic E-state index is -2.55. The first-order valence-electron chi connectivity index (χ1n) is 6.71. The Morgan fingerprint density at radius 1 is 1.26 bits per heavy atom. The van der Waals surface area contributed by atoms with Crippen molar-refractivity contribution in [3.63, 3.8) is 0 Å². The first kappa shape index (κ1) is 14.0. The van der Waals surface area contributed by atoms with Gasteiger partial charge in [0.25, 0.3) is 0 Å². The molecule has 19 heavy (non-hydrogen) atoms. The van der Waals surface area contributed by atoms with E-state index in [9.17, 15) is 13.6 Å². The number of hydrogen-bond acceptors (Lipinski definition) is 1. The van der Waals surface area contributed by atoms with Crippen LogP contribution in [0.4, 0.5) is 8.78 Å². The molecule has 1 fully saturated rings. The molecule has 1 aliphatic rings.